The summed E-state index contributed by atoms with van der Waals surface area (Å²) in [5, 5.41) is 36.3. The topological polar surface area (TPSA) is 90.2 Å². The molecule has 3 saturated heterocycles. The summed E-state index contributed by atoms with van der Waals surface area (Å²) in [4.78, 5) is 15.6. The fraction of sp³-hybridized carbons (Fsp3) is 0.667. The van der Waals surface area contributed by atoms with Crippen molar-refractivity contribution in [2.45, 2.75) is 68.6 Å². The van der Waals surface area contributed by atoms with Crippen LogP contribution in [0.5, 0.6) is 0 Å². The van der Waals surface area contributed by atoms with Crippen LogP contribution in [0.15, 0.2) is 42.5 Å². The number of hydrogen-bond donors (Lipinski definition) is 3. The lowest BCUT2D eigenvalue weighted by Crippen LogP contribution is -2.77. The molecule has 0 radical (unpaired) electrons. The molecule has 174 valence electrons. The second kappa shape index (κ2) is 5.40. The van der Waals surface area contributed by atoms with E-state index in [9.17, 15) is 20.1 Å². The zero-order valence-corrected chi connectivity index (χ0v) is 18.9. The number of fused-ring (bicyclic) bond motifs is 1. The van der Waals surface area contributed by atoms with Gasteiger partial charge >= 0.3 is 5.97 Å². The highest BCUT2D eigenvalue weighted by Gasteiger charge is 2.95. The van der Waals surface area contributed by atoms with Crippen LogP contribution < -0.4 is 0 Å². The van der Waals surface area contributed by atoms with Crippen LogP contribution in [-0.4, -0.2) is 68.7 Å². The predicted molar refractivity (Wildman–Crippen MR) is 118 cm³/mol. The van der Waals surface area contributed by atoms with Gasteiger partial charge in [-0.15, -0.1) is 0 Å². The van der Waals surface area contributed by atoms with Gasteiger partial charge in [0, 0.05) is 24.0 Å². The molecule has 6 heteroatoms. The lowest BCUT2D eigenvalue weighted by Gasteiger charge is -2.69. The number of piperidine rings is 2. The van der Waals surface area contributed by atoms with E-state index in [2.05, 4.69) is 18.4 Å². The summed E-state index contributed by atoms with van der Waals surface area (Å²) in [7, 11) is 0. The van der Waals surface area contributed by atoms with E-state index in [0.717, 1.165) is 25.0 Å². The maximum atomic E-state index is 13.0. The van der Waals surface area contributed by atoms with E-state index in [-0.39, 0.29) is 35.3 Å². The van der Waals surface area contributed by atoms with Gasteiger partial charge in [0.1, 0.15) is 12.2 Å². The number of aliphatic hydroxyl groups excluding tert-OH is 2. The number of ether oxygens (including phenoxy) is 1. The molecule has 2 spiro atoms. The molecule has 9 aliphatic rings. The molecule has 3 N–H and O–H groups in total. The maximum absolute atomic E-state index is 13.0. The first kappa shape index (κ1) is 19.6. The molecule has 9 bridgehead atoms. The molecule has 10 rings (SSSR count). The van der Waals surface area contributed by atoms with Crippen LogP contribution in [0, 0.1) is 34.0 Å². The van der Waals surface area contributed by atoms with Gasteiger partial charge in [-0.05, 0) is 66.6 Å². The number of carbonyl (C=O) groups is 1. The smallest absolute Gasteiger partial charge is 0.338 e. The number of nitrogens with zero attached hydrogens (tertiary/aromatic N) is 1. The first-order valence-corrected chi connectivity index (χ1v) is 12.5. The standard InChI is InChI=1S/C27H31NO5/c1-13-15-8-16-20-27-19-17(10-25(16,21(13)29)26(27,32)9-15)28(20)12-24(19,2)11-18(22(27)30)33-23(31)14-6-4-3-5-7-14/h3-7,15-22,29-30,32H,1,8-12H2,2H3/t15-,16+,17+,18-,19+,20?,21+,22+,24-,25?,26-,27?/m0/s1. The molecule has 3 aliphatic heterocycles. The zero-order chi connectivity index (χ0) is 22.7. The van der Waals surface area contributed by atoms with Crippen molar-refractivity contribution >= 4 is 5.97 Å². The van der Waals surface area contributed by atoms with Gasteiger partial charge in [0.05, 0.1) is 22.7 Å². The molecule has 0 amide bonds. The molecule has 1 aromatic rings. The molecule has 4 unspecified atom stereocenters. The summed E-state index contributed by atoms with van der Waals surface area (Å²) in [6.07, 6.45) is 0.522. The summed E-state index contributed by atoms with van der Waals surface area (Å²) in [6, 6.07) is 9.22. The second-order valence-electron chi connectivity index (χ2n) is 12.5. The Bertz CT molecular complexity index is 1120. The van der Waals surface area contributed by atoms with Gasteiger partial charge < -0.3 is 20.1 Å². The van der Waals surface area contributed by atoms with E-state index in [1.165, 1.54) is 0 Å². The molecule has 1 aromatic carbocycles. The van der Waals surface area contributed by atoms with Gasteiger partial charge in [-0.2, -0.15) is 0 Å². The third-order valence-corrected chi connectivity index (χ3v) is 11.8. The number of rotatable bonds is 2. The highest BCUT2D eigenvalue weighted by atomic mass is 16.6. The maximum Gasteiger partial charge on any atom is 0.338 e. The summed E-state index contributed by atoms with van der Waals surface area (Å²) in [6.45, 7) is 7.40. The van der Waals surface area contributed by atoms with E-state index in [0.29, 0.717) is 18.4 Å². The van der Waals surface area contributed by atoms with Gasteiger partial charge in [-0.3, -0.25) is 4.90 Å². The highest BCUT2D eigenvalue weighted by Crippen LogP contribution is 2.88. The monoisotopic (exact) mass is 449 g/mol. The number of esters is 1. The third-order valence-electron chi connectivity index (χ3n) is 11.8. The molecule has 9 fully saturated rings. The van der Waals surface area contributed by atoms with Crippen LogP contribution in [0.25, 0.3) is 0 Å². The minimum absolute atomic E-state index is 0.0281. The lowest BCUT2D eigenvalue weighted by molar-refractivity contribution is -0.303. The molecule has 3 heterocycles. The van der Waals surface area contributed by atoms with E-state index in [1.54, 1.807) is 24.3 Å². The average molecular weight is 450 g/mol. The quantitative estimate of drug-likeness (QED) is 0.471. The van der Waals surface area contributed by atoms with Crippen LogP contribution >= 0.6 is 0 Å². The SMILES string of the molecule is C=C1[C@H]2C[C@@H]3C4N5C[C@]6(C)C[C@H](OC(=O)c7ccccc7)[C@@H](O)C47[C@@H]6[C@H]5CC3([C@@H]1O)[C@@]7(O)C2. The third kappa shape index (κ3) is 1.67. The Hall–Kier alpha value is -1.73. The largest absolute Gasteiger partial charge is 0.456 e. The molecule has 6 saturated carbocycles. The highest BCUT2D eigenvalue weighted by molar-refractivity contribution is 5.89. The van der Waals surface area contributed by atoms with Crippen molar-refractivity contribution < 1.29 is 24.9 Å². The fourth-order valence-electron chi connectivity index (χ4n) is 11.3. The van der Waals surface area contributed by atoms with Crippen LogP contribution in [0.2, 0.25) is 0 Å². The minimum atomic E-state index is -1.17. The van der Waals surface area contributed by atoms with E-state index >= 15 is 0 Å². The van der Waals surface area contributed by atoms with Crippen LogP contribution in [0.1, 0.15) is 43.0 Å². The Kier molecular flexibility index (Phi) is 3.20. The average Bonchev–Trinajstić information content (AvgIpc) is 3.20. The molecular weight excluding hydrogens is 418 g/mol. The van der Waals surface area contributed by atoms with E-state index in [1.807, 2.05) is 6.07 Å². The minimum Gasteiger partial charge on any atom is -0.456 e. The molecule has 6 nitrogen and oxygen atoms in total. The molecule has 6 aliphatic carbocycles. The molecule has 33 heavy (non-hydrogen) atoms. The van der Waals surface area contributed by atoms with Gasteiger partial charge in [0.15, 0.2) is 0 Å². The number of benzene rings is 1. The Morgan fingerprint density at radius 2 is 1.94 bits per heavy atom. The van der Waals surface area contributed by atoms with Crippen molar-refractivity contribution in [3.63, 3.8) is 0 Å². The lowest BCUT2D eigenvalue weighted by atomic mass is 9.37. The summed E-state index contributed by atoms with van der Waals surface area (Å²) in [5.41, 5.74) is -1.38. The van der Waals surface area contributed by atoms with Gasteiger partial charge in [-0.1, -0.05) is 31.7 Å². The van der Waals surface area contributed by atoms with Gasteiger partial charge in [0.25, 0.3) is 0 Å². The zero-order valence-electron chi connectivity index (χ0n) is 18.9. The molecule has 13 atom stereocenters. The summed E-state index contributed by atoms with van der Waals surface area (Å²) in [5.74, 6) is -0.0439. The Morgan fingerprint density at radius 1 is 1.18 bits per heavy atom. The fourth-order valence-corrected chi connectivity index (χ4v) is 11.3. The molecule has 0 aromatic heterocycles. The van der Waals surface area contributed by atoms with Crippen molar-refractivity contribution in [3.8, 4) is 0 Å². The molecular formula is C27H31NO5. The van der Waals surface area contributed by atoms with Crippen LogP contribution in [0.4, 0.5) is 0 Å². The van der Waals surface area contributed by atoms with Crippen molar-refractivity contribution in [2.75, 3.05) is 6.54 Å². The van der Waals surface area contributed by atoms with Gasteiger partial charge in [0.2, 0.25) is 0 Å². The number of carbonyl (C=O) groups excluding carboxylic acids is 1. The normalized spacial score (nSPS) is 60.5. The van der Waals surface area contributed by atoms with Crippen LogP contribution in [0.3, 0.4) is 0 Å². The van der Waals surface area contributed by atoms with E-state index < -0.39 is 40.7 Å². The first-order chi connectivity index (χ1) is 15.7. The van der Waals surface area contributed by atoms with Crippen molar-refractivity contribution in [2.24, 2.45) is 34.0 Å². The summed E-state index contributed by atoms with van der Waals surface area (Å²) < 4.78 is 6.03. The number of hydrogen-bond acceptors (Lipinski definition) is 6. The Balaban J connectivity index is 1.28. The Labute approximate surface area is 193 Å². The number of aliphatic hydroxyl groups is 3. The Morgan fingerprint density at radius 3 is 2.70 bits per heavy atom. The van der Waals surface area contributed by atoms with Crippen molar-refractivity contribution in [1.82, 2.24) is 4.90 Å². The van der Waals surface area contributed by atoms with Crippen LogP contribution in [-0.2, 0) is 4.74 Å². The first-order valence-electron chi connectivity index (χ1n) is 12.5. The van der Waals surface area contributed by atoms with Crippen molar-refractivity contribution in [1.29, 1.82) is 0 Å². The van der Waals surface area contributed by atoms with E-state index in [4.69, 9.17) is 4.74 Å². The summed E-state index contributed by atoms with van der Waals surface area (Å²) >= 11 is 0. The predicted octanol–water partition coefficient (Wildman–Crippen LogP) is 1.74. The second-order valence-corrected chi connectivity index (χ2v) is 12.5. The van der Waals surface area contributed by atoms with Gasteiger partial charge in [-0.25, -0.2) is 4.79 Å². The van der Waals surface area contributed by atoms with Crippen molar-refractivity contribution in [3.05, 3.63) is 48.0 Å².